The maximum absolute atomic E-state index is 12.0. The summed E-state index contributed by atoms with van der Waals surface area (Å²) >= 11 is 6.69. The van der Waals surface area contributed by atoms with Crippen LogP contribution >= 0.6 is 31.9 Å². The highest BCUT2D eigenvalue weighted by molar-refractivity contribution is 9.11. The molecule has 0 spiro atoms. The van der Waals surface area contributed by atoms with Gasteiger partial charge in [0, 0.05) is 22.2 Å². The predicted octanol–water partition coefficient (Wildman–Crippen LogP) is 2.78. The maximum Gasteiger partial charge on any atom is 0.274 e. The topological polar surface area (TPSA) is 72.9 Å². The lowest BCUT2D eigenvalue weighted by molar-refractivity contribution is 0.101. The molecule has 0 aliphatic carbocycles. The van der Waals surface area contributed by atoms with Gasteiger partial charge >= 0.3 is 0 Å². The van der Waals surface area contributed by atoms with Gasteiger partial charge < -0.3 is 11.1 Å². The van der Waals surface area contributed by atoms with Gasteiger partial charge in [-0.1, -0.05) is 15.9 Å². The van der Waals surface area contributed by atoms with Crippen LogP contribution in [0, 0.1) is 0 Å². The minimum Gasteiger partial charge on any atom is -0.397 e. The van der Waals surface area contributed by atoms with Crippen molar-refractivity contribution in [1.82, 2.24) is 9.78 Å². The standard InChI is InChI=1S/C11H10Br2N4O/c1-17-9(2-3-15-17)11(18)16-10-7(13)4-6(12)5-8(10)14/h2-5H,14H2,1H3,(H,16,18). The van der Waals surface area contributed by atoms with E-state index in [0.717, 1.165) is 4.47 Å². The number of benzene rings is 1. The summed E-state index contributed by atoms with van der Waals surface area (Å²) in [5.74, 6) is -0.260. The fraction of sp³-hybridized carbons (Fsp3) is 0.0909. The zero-order valence-corrected chi connectivity index (χ0v) is 12.6. The lowest BCUT2D eigenvalue weighted by Gasteiger charge is -2.11. The second kappa shape index (κ2) is 5.11. The number of hydrogen-bond donors (Lipinski definition) is 2. The summed E-state index contributed by atoms with van der Waals surface area (Å²) in [7, 11) is 1.70. The van der Waals surface area contributed by atoms with Crippen molar-refractivity contribution >= 4 is 49.1 Å². The van der Waals surface area contributed by atoms with Gasteiger partial charge in [-0.25, -0.2) is 0 Å². The molecule has 1 heterocycles. The molecule has 2 aromatic rings. The summed E-state index contributed by atoms with van der Waals surface area (Å²) in [6, 6.07) is 5.18. The average molecular weight is 374 g/mol. The van der Waals surface area contributed by atoms with Gasteiger partial charge in [0.15, 0.2) is 0 Å². The Kier molecular flexibility index (Phi) is 3.72. The first-order valence-electron chi connectivity index (χ1n) is 5.03. The molecular formula is C11H10Br2N4O. The van der Waals surface area contributed by atoms with E-state index in [9.17, 15) is 4.79 Å². The fourth-order valence-corrected chi connectivity index (χ4v) is 2.86. The van der Waals surface area contributed by atoms with Gasteiger partial charge in [0.05, 0.1) is 11.4 Å². The largest absolute Gasteiger partial charge is 0.397 e. The minimum absolute atomic E-state index is 0.260. The van der Waals surface area contributed by atoms with Crippen LogP contribution in [0.1, 0.15) is 10.5 Å². The van der Waals surface area contributed by atoms with E-state index in [1.165, 1.54) is 4.68 Å². The van der Waals surface area contributed by atoms with Crippen molar-refractivity contribution in [3.8, 4) is 0 Å². The maximum atomic E-state index is 12.0. The number of aromatic nitrogens is 2. The third-order valence-corrected chi connectivity index (χ3v) is 3.46. The lowest BCUT2D eigenvalue weighted by atomic mass is 10.2. The fourth-order valence-electron chi connectivity index (χ4n) is 1.50. The number of carbonyl (C=O) groups is 1. The zero-order valence-electron chi connectivity index (χ0n) is 9.45. The average Bonchev–Trinajstić information content (AvgIpc) is 2.69. The van der Waals surface area contributed by atoms with Crippen LogP contribution in [0.4, 0.5) is 11.4 Å². The number of carbonyl (C=O) groups excluding carboxylic acids is 1. The number of halogens is 2. The van der Waals surface area contributed by atoms with Crippen LogP contribution in [-0.2, 0) is 7.05 Å². The molecular weight excluding hydrogens is 364 g/mol. The van der Waals surface area contributed by atoms with Gasteiger partial charge in [-0.15, -0.1) is 0 Å². The van der Waals surface area contributed by atoms with E-state index in [1.807, 2.05) is 6.07 Å². The molecule has 18 heavy (non-hydrogen) atoms. The second-order valence-electron chi connectivity index (χ2n) is 3.65. The van der Waals surface area contributed by atoms with Crippen molar-refractivity contribution in [2.24, 2.45) is 7.05 Å². The Morgan fingerprint density at radius 1 is 1.44 bits per heavy atom. The highest BCUT2D eigenvalue weighted by atomic mass is 79.9. The van der Waals surface area contributed by atoms with Crippen LogP contribution in [0.25, 0.3) is 0 Å². The molecule has 0 aliphatic rings. The molecule has 1 aromatic heterocycles. The van der Waals surface area contributed by atoms with Gasteiger partial charge in [-0.05, 0) is 34.1 Å². The summed E-state index contributed by atoms with van der Waals surface area (Å²) in [5.41, 5.74) is 7.35. The van der Waals surface area contributed by atoms with E-state index in [2.05, 4.69) is 42.3 Å². The molecule has 0 atom stereocenters. The Hall–Kier alpha value is -1.34. The van der Waals surface area contributed by atoms with Crippen molar-refractivity contribution in [2.45, 2.75) is 0 Å². The number of rotatable bonds is 2. The molecule has 0 radical (unpaired) electrons. The van der Waals surface area contributed by atoms with E-state index in [-0.39, 0.29) is 5.91 Å². The van der Waals surface area contributed by atoms with Crippen LogP contribution < -0.4 is 11.1 Å². The molecule has 7 heteroatoms. The van der Waals surface area contributed by atoms with Crippen LogP contribution in [0.3, 0.4) is 0 Å². The van der Waals surface area contributed by atoms with Crippen molar-refractivity contribution in [1.29, 1.82) is 0 Å². The normalized spacial score (nSPS) is 10.4. The Balaban J connectivity index is 2.31. The molecule has 0 unspecified atom stereocenters. The van der Waals surface area contributed by atoms with E-state index < -0.39 is 0 Å². The molecule has 0 saturated carbocycles. The first-order chi connectivity index (χ1) is 8.49. The number of nitrogens with zero attached hydrogens (tertiary/aromatic N) is 2. The lowest BCUT2D eigenvalue weighted by Crippen LogP contribution is -2.17. The SMILES string of the molecule is Cn1nccc1C(=O)Nc1c(N)cc(Br)cc1Br. The third kappa shape index (κ3) is 2.56. The number of nitrogen functional groups attached to an aromatic ring is 1. The third-order valence-electron chi connectivity index (χ3n) is 2.38. The number of aryl methyl sites for hydroxylation is 1. The van der Waals surface area contributed by atoms with E-state index >= 15 is 0 Å². The number of amides is 1. The number of nitrogens with one attached hydrogen (secondary N) is 1. The van der Waals surface area contributed by atoms with Crippen molar-refractivity contribution < 1.29 is 4.79 Å². The van der Waals surface area contributed by atoms with Crippen molar-refractivity contribution in [3.05, 3.63) is 39.0 Å². The van der Waals surface area contributed by atoms with Gasteiger partial charge in [-0.3, -0.25) is 9.48 Å². The summed E-state index contributed by atoms with van der Waals surface area (Å²) in [4.78, 5) is 12.0. The first-order valence-corrected chi connectivity index (χ1v) is 6.61. The summed E-state index contributed by atoms with van der Waals surface area (Å²) in [5, 5.41) is 6.70. The van der Waals surface area contributed by atoms with Gasteiger partial charge in [0.25, 0.3) is 5.91 Å². The molecule has 3 N–H and O–H groups in total. The highest BCUT2D eigenvalue weighted by Gasteiger charge is 2.14. The predicted molar refractivity (Wildman–Crippen MR) is 77.4 cm³/mol. The molecule has 1 aromatic carbocycles. The second-order valence-corrected chi connectivity index (χ2v) is 5.42. The molecule has 1 amide bonds. The molecule has 5 nitrogen and oxygen atoms in total. The Bertz CT molecular complexity index is 586. The van der Waals surface area contributed by atoms with Gasteiger partial charge in [0.2, 0.25) is 0 Å². The molecule has 94 valence electrons. The molecule has 0 bridgehead atoms. The summed E-state index contributed by atoms with van der Waals surface area (Å²) < 4.78 is 3.05. The molecule has 0 fully saturated rings. The van der Waals surface area contributed by atoms with Gasteiger partial charge in [-0.2, -0.15) is 5.10 Å². The number of nitrogens with two attached hydrogens (primary N) is 1. The van der Waals surface area contributed by atoms with Gasteiger partial charge in [0.1, 0.15) is 5.69 Å². The van der Waals surface area contributed by atoms with E-state index in [0.29, 0.717) is 21.5 Å². The number of anilines is 2. The van der Waals surface area contributed by atoms with Crippen LogP contribution in [-0.4, -0.2) is 15.7 Å². The Morgan fingerprint density at radius 2 is 2.17 bits per heavy atom. The van der Waals surface area contributed by atoms with E-state index in [1.54, 1.807) is 25.4 Å². The van der Waals surface area contributed by atoms with Crippen LogP contribution in [0.5, 0.6) is 0 Å². The van der Waals surface area contributed by atoms with E-state index in [4.69, 9.17) is 5.73 Å². The molecule has 0 saturated heterocycles. The van der Waals surface area contributed by atoms with Crippen molar-refractivity contribution in [3.63, 3.8) is 0 Å². The number of hydrogen-bond acceptors (Lipinski definition) is 3. The highest BCUT2D eigenvalue weighted by Crippen LogP contribution is 2.32. The van der Waals surface area contributed by atoms with Crippen LogP contribution in [0.15, 0.2) is 33.3 Å². The molecule has 0 aliphatic heterocycles. The summed E-state index contributed by atoms with van der Waals surface area (Å²) in [6.07, 6.45) is 1.56. The van der Waals surface area contributed by atoms with Crippen molar-refractivity contribution in [2.75, 3.05) is 11.1 Å². The Labute approximate surface area is 121 Å². The summed E-state index contributed by atoms with van der Waals surface area (Å²) in [6.45, 7) is 0. The quantitative estimate of drug-likeness (QED) is 0.795. The van der Waals surface area contributed by atoms with Crippen LogP contribution in [0.2, 0.25) is 0 Å². The zero-order chi connectivity index (χ0) is 13.3. The molecule has 2 rings (SSSR count). The minimum atomic E-state index is -0.260. The first kappa shape index (κ1) is 13.1. The Morgan fingerprint density at radius 3 is 2.72 bits per heavy atom. The monoisotopic (exact) mass is 372 g/mol. The smallest absolute Gasteiger partial charge is 0.274 e.